The van der Waals surface area contributed by atoms with Crippen molar-refractivity contribution >= 4 is 17.7 Å². The Bertz CT molecular complexity index is 1500. The maximum Gasteiger partial charge on any atom is 0.131 e. The van der Waals surface area contributed by atoms with Crippen molar-refractivity contribution in [2.24, 2.45) is 0 Å². The van der Waals surface area contributed by atoms with Crippen LogP contribution in [0.15, 0.2) is 120 Å². The molecule has 2 aromatic rings. The molecule has 3 aliphatic carbocycles. The smallest absolute Gasteiger partial charge is 0.131 e. The van der Waals surface area contributed by atoms with Gasteiger partial charge in [-0.2, -0.15) is 0 Å². The molecule has 36 heavy (non-hydrogen) atoms. The first kappa shape index (κ1) is 23.7. The highest BCUT2D eigenvalue weighted by molar-refractivity contribution is 5.80. The van der Waals surface area contributed by atoms with Crippen LogP contribution in [0.4, 0.5) is 0 Å². The van der Waals surface area contributed by atoms with Crippen LogP contribution in [0.25, 0.3) is 17.7 Å². The van der Waals surface area contributed by atoms with Gasteiger partial charge >= 0.3 is 0 Å². The third-order valence-electron chi connectivity index (χ3n) is 7.28. The van der Waals surface area contributed by atoms with Gasteiger partial charge in [0.1, 0.15) is 12.0 Å². The van der Waals surface area contributed by atoms with Crippen LogP contribution in [0.2, 0.25) is 0 Å². The van der Waals surface area contributed by atoms with Crippen molar-refractivity contribution in [2.45, 2.75) is 38.5 Å². The lowest BCUT2D eigenvalue weighted by Crippen LogP contribution is -2.28. The summed E-state index contributed by atoms with van der Waals surface area (Å²) in [5.41, 5.74) is 9.70. The average Bonchev–Trinajstić information content (AvgIpc) is 2.92. The molecular weight excluding hydrogens is 440 g/mol. The molecule has 0 amide bonds. The summed E-state index contributed by atoms with van der Waals surface area (Å²) in [6.45, 7) is 6.45. The predicted octanol–water partition coefficient (Wildman–Crippen LogP) is 7.04. The Balaban J connectivity index is 1.41. The van der Waals surface area contributed by atoms with Crippen LogP contribution in [0.1, 0.15) is 48.8 Å². The van der Waals surface area contributed by atoms with Gasteiger partial charge in [0.2, 0.25) is 0 Å². The van der Waals surface area contributed by atoms with Crippen molar-refractivity contribution in [2.75, 3.05) is 0 Å². The minimum Gasteiger partial charge on any atom is -0.512 e. The van der Waals surface area contributed by atoms with E-state index in [1.807, 2.05) is 6.07 Å². The molecule has 2 heteroatoms. The molecule has 0 bridgehead atoms. The van der Waals surface area contributed by atoms with Gasteiger partial charge in [-0.3, -0.25) is 0 Å². The van der Waals surface area contributed by atoms with Gasteiger partial charge in [0, 0.05) is 12.3 Å². The molecule has 2 aromatic carbocycles. The first-order chi connectivity index (χ1) is 17.6. The average molecular weight is 473 g/mol. The molecular formula is C34H32O2. The quantitative estimate of drug-likeness (QED) is 0.469. The van der Waals surface area contributed by atoms with E-state index in [1.54, 1.807) is 0 Å². The lowest BCUT2D eigenvalue weighted by molar-refractivity contribution is 0.351. The van der Waals surface area contributed by atoms with Gasteiger partial charge in [0.05, 0.1) is 0 Å². The van der Waals surface area contributed by atoms with E-state index >= 15 is 0 Å². The standard InChI is InChI=1S/C34H32O2/c1-3-25-20-29(10-8-23(2)33-6-4-5-7-34(25)33)26-12-14-27(15-13-26)30-17-16-28-18-24(19-32(36)22-35)9-11-31(28)21-30/h3-4,6,8-16,18,20-22,30,35-36H,2,5,7,17,19H2,1H3/b10-8-,25-3+,29-20+,32-22-. The minimum absolute atomic E-state index is 0.0273. The third-order valence-corrected chi connectivity index (χ3v) is 7.28. The highest BCUT2D eigenvalue weighted by Gasteiger charge is 2.16. The van der Waals surface area contributed by atoms with Crippen molar-refractivity contribution in [1.82, 2.24) is 0 Å². The van der Waals surface area contributed by atoms with E-state index in [0.29, 0.717) is 12.3 Å². The Labute approximate surface area is 213 Å². The number of aliphatic hydroxyl groups is 2. The van der Waals surface area contributed by atoms with E-state index in [4.69, 9.17) is 5.11 Å². The highest BCUT2D eigenvalue weighted by atomic mass is 16.3. The van der Waals surface area contributed by atoms with E-state index in [1.165, 1.54) is 43.9 Å². The molecule has 3 aliphatic rings. The second-order valence-corrected chi connectivity index (χ2v) is 9.63. The lowest BCUT2D eigenvalue weighted by atomic mass is 9.84. The molecule has 0 fully saturated rings. The molecule has 0 aromatic heterocycles. The van der Waals surface area contributed by atoms with Crippen molar-refractivity contribution in [3.8, 4) is 0 Å². The third kappa shape index (κ3) is 4.85. The highest BCUT2D eigenvalue weighted by Crippen LogP contribution is 2.35. The van der Waals surface area contributed by atoms with E-state index in [0.717, 1.165) is 36.7 Å². The Morgan fingerprint density at radius 2 is 1.89 bits per heavy atom. The molecule has 0 spiro atoms. The SMILES string of the molecule is C=C1\C=C/C(c2ccc(C3C=c4ccc(C/C(O)=C/O)cc4=CC3)cc2)=C\C(=C/C)C2=C1C=CCC2. The topological polar surface area (TPSA) is 40.5 Å². The van der Waals surface area contributed by atoms with Crippen LogP contribution < -0.4 is 10.4 Å². The van der Waals surface area contributed by atoms with Crippen molar-refractivity contribution in [3.05, 3.63) is 147 Å². The van der Waals surface area contributed by atoms with Gasteiger partial charge in [0.25, 0.3) is 0 Å². The normalized spacial score (nSPS) is 23.0. The lowest BCUT2D eigenvalue weighted by Gasteiger charge is -2.21. The molecule has 180 valence electrons. The fourth-order valence-corrected chi connectivity index (χ4v) is 5.30. The van der Waals surface area contributed by atoms with Crippen molar-refractivity contribution in [3.63, 3.8) is 0 Å². The number of hydrogen-bond acceptors (Lipinski definition) is 2. The summed E-state index contributed by atoms with van der Waals surface area (Å²) in [7, 11) is 0. The van der Waals surface area contributed by atoms with E-state index in [2.05, 4.69) is 98.5 Å². The fourth-order valence-electron chi connectivity index (χ4n) is 5.30. The molecule has 0 aliphatic heterocycles. The number of benzene rings is 2. The van der Waals surface area contributed by atoms with Crippen LogP contribution >= 0.6 is 0 Å². The van der Waals surface area contributed by atoms with Crippen molar-refractivity contribution in [1.29, 1.82) is 0 Å². The molecule has 0 saturated carbocycles. The zero-order chi connectivity index (χ0) is 25.1. The summed E-state index contributed by atoms with van der Waals surface area (Å²) >= 11 is 0. The van der Waals surface area contributed by atoms with Crippen LogP contribution in [0.3, 0.4) is 0 Å². The summed E-state index contributed by atoms with van der Waals surface area (Å²) in [4.78, 5) is 0. The van der Waals surface area contributed by atoms with Gasteiger partial charge in [-0.15, -0.1) is 0 Å². The first-order valence-corrected chi connectivity index (χ1v) is 12.6. The number of allylic oxidation sites excluding steroid dienone is 12. The summed E-state index contributed by atoms with van der Waals surface area (Å²) in [5.74, 6) is 0.304. The maximum atomic E-state index is 9.62. The molecule has 0 heterocycles. The van der Waals surface area contributed by atoms with Crippen LogP contribution in [0.5, 0.6) is 0 Å². The summed E-state index contributed by atoms with van der Waals surface area (Å²) in [5, 5.41) is 21.0. The second kappa shape index (κ2) is 10.3. The first-order valence-electron chi connectivity index (χ1n) is 12.6. The summed E-state index contributed by atoms with van der Waals surface area (Å²) < 4.78 is 0. The summed E-state index contributed by atoms with van der Waals surface area (Å²) in [6, 6.07) is 15.2. The Hall–Kier alpha value is -4.04. The van der Waals surface area contributed by atoms with Gasteiger partial charge in [0.15, 0.2) is 0 Å². The molecule has 2 nitrogen and oxygen atoms in total. The number of rotatable bonds is 4. The van der Waals surface area contributed by atoms with E-state index in [-0.39, 0.29) is 5.76 Å². The largest absolute Gasteiger partial charge is 0.512 e. The zero-order valence-corrected chi connectivity index (χ0v) is 20.7. The van der Waals surface area contributed by atoms with Gasteiger partial charge in [-0.25, -0.2) is 0 Å². The van der Waals surface area contributed by atoms with Crippen LogP contribution in [-0.4, -0.2) is 10.2 Å². The molecule has 1 atom stereocenters. The number of fused-ring (bicyclic) bond motifs is 1. The summed E-state index contributed by atoms with van der Waals surface area (Å²) in [6.07, 6.45) is 22.1. The monoisotopic (exact) mass is 472 g/mol. The number of aliphatic hydroxyl groups excluding tert-OH is 2. The van der Waals surface area contributed by atoms with Crippen LogP contribution in [-0.2, 0) is 6.42 Å². The Morgan fingerprint density at radius 1 is 1.06 bits per heavy atom. The molecule has 0 radical (unpaired) electrons. The fraction of sp³-hybridized carbons (Fsp3) is 0.176. The Morgan fingerprint density at radius 3 is 2.67 bits per heavy atom. The van der Waals surface area contributed by atoms with Gasteiger partial charge < -0.3 is 10.2 Å². The Kier molecular flexibility index (Phi) is 6.77. The molecule has 5 rings (SSSR count). The van der Waals surface area contributed by atoms with E-state index in [9.17, 15) is 5.11 Å². The van der Waals surface area contributed by atoms with E-state index < -0.39 is 0 Å². The van der Waals surface area contributed by atoms with Crippen LogP contribution in [0, 0.1) is 0 Å². The second-order valence-electron chi connectivity index (χ2n) is 9.63. The molecule has 1 unspecified atom stereocenters. The predicted molar refractivity (Wildman–Crippen MR) is 151 cm³/mol. The molecule has 0 saturated heterocycles. The number of hydrogen-bond donors (Lipinski definition) is 2. The van der Waals surface area contributed by atoms with Gasteiger partial charge in [-0.1, -0.05) is 91.6 Å². The van der Waals surface area contributed by atoms with Crippen molar-refractivity contribution < 1.29 is 10.2 Å². The maximum absolute atomic E-state index is 9.62. The molecule has 2 N–H and O–H groups in total. The zero-order valence-electron chi connectivity index (χ0n) is 20.7. The minimum atomic E-state index is -0.0273. The van der Waals surface area contributed by atoms with Gasteiger partial charge in [-0.05, 0) is 87.3 Å².